The molecule has 0 spiro atoms. The summed E-state index contributed by atoms with van der Waals surface area (Å²) in [5.74, 6) is 0. The molecule has 0 aliphatic rings. The molecule has 0 saturated carbocycles. The quantitative estimate of drug-likeness (QED) is 0.780. The van der Waals surface area contributed by atoms with Crippen LogP contribution in [0.15, 0.2) is 18.3 Å². The van der Waals surface area contributed by atoms with Crippen LogP contribution < -0.4 is 0 Å². The van der Waals surface area contributed by atoms with E-state index in [1.165, 1.54) is 0 Å². The van der Waals surface area contributed by atoms with E-state index in [1.807, 2.05) is 12.1 Å². The van der Waals surface area contributed by atoms with Crippen molar-refractivity contribution >= 4 is 27.5 Å². The Bertz CT molecular complexity index is 252. The lowest BCUT2D eigenvalue weighted by molar-refractivity contribution is 0.200. The minimum absolute atomic E-state index is 0.311. The van der Waals surface area contributed by atoms with Crippen LogP contribution in [0.4, 0.5) is 0 Å². The lowest BCUT2D eigenvalue weighted by atomic mass is 10.2. The Kier molecular flexibility index (Phi) is 4.70. The highest BCUT2D eigenvalue weighted by molar-refractivity contribution is 9.09. The number of pyridine rings is 1. The van der Waals surface area contributed by atoms with Gasteiger partial charge < -0.3 is 4.74 Å². The van der Waals surface area contributed by atoms with Gasteiger partial charge in [-0.05, 0) is 12.1 Å². The summed E-state index contributed by atoms with van der Waals surface area (Å²) in [4.78, 5) is 4.49. The summed E-state index contributed by atoms with van der Waals surface area (Å²) in [5.41, 5.74) is 1.02. The Morgan fingerprint density at radius 3 is 2.92 bits per heavy atom. The summed E-state index contributed by atoms with van der Waals surface area (Å²) in [5, 5.41) is 0.668. The van der Waals surface area contributed by atoms with Crippen molar-refractivity contribution in [3.8, 4) is 0 Å². The number of rotatable bonds is 4. The molecule has 0 amide bonds. The normalized spacial score (nSPS) is 12.8. The molecule has 0 radical (unpaired) electrons. The Balaban J connectivity index is 2.49. The van der Waals surface area contributed by atoms with Crippen LogP contribution in [0.5, 0.6) is 0 Å². The molecular formula is C9H11BrClNO. The highest BCUT2D eigenvalue weighted by Gasteiger charge is 2.05. The van der Waals surface area contributed by atoms with Crippen LogP contribution in [0.2, 0.25) is 5.02 Å². The summed E-state index contributed by atoms with van der Waals surface area (Å²) in [7, 11) is 1.68. The van der Waals surface area contributed by atoms with E-state index in [9.17, 15) is 0 Å². The summed E-state index contributed by atoms with van der Waals surface area (Å²) in [6.45, 7) is 0.685. The number of alkyl halides is 1. The average Bonchev–Trinajstić information content (AvgIpc) is 2.09. The monoisotopic (exact) mass is 263 g/mol. The third kappa shape index (κ3) is 4.07. The van der Waals surface area contributed by atoms with Crippen molar-refractivity contribution in [3.63, 3.8) is 0 Å². The molecule has 0 aliphatic heterocycles. The maximum absolute atomic E-state index is 5.71. The van der Waals surface area contributed by atoms with Crippen molar-refractivity contribution < 1.29 is 4.74 Å². The van der Waals surface area contributed by atoms with Gasteiger partial charge in [0.15, 0.2) is 0 Å². The van der Waals surface area contributed by atoms with Crippen LogP contribution in [0.1, 0.15) is 5.69 Å². The van der Waals surface area contributed by atoms with Gasteiger partial charge in [0.1, 0.15) is 0 Å². The molecule has 13 heavy (non-hydrogen) atoms. The molecule has 1 aromatic rings. The van der Waals surface area contributed by atoms with E-state index < -0.39 is 0 Å². The number of hydrogen-bond donors (Lipinski definition) is 0. The first-order chi connectivity index (χ1) is 6.22. The molecule has 0 N–H and O–H groups in total. The number of aromatic nitrogens is 1. The molecule has 1 unspecified atom stereocenters. The van der Waals surface area contributed by atoms with Gasteiger partial charge in [0.2, 0.25) is 0 Å². The Hall–Kier alpha value is -0.120. The van der Waals surface area contributed by atoms with E-state index in [1.54, 1.807) is 13.3 Å². The molecule has 1 heterocycles. The number of ether oxygens (including phenoxy) is 1. The van der Waals surface area contributed by atoms with E-state index in [0.717, 1.165) is 12.1 Å². The van der Waals surface area contributed by atoms with Crippen LogP contribution in [-0.2, 0) is 11.2 Å². The van der Waals surface area contributed by atoms with Crippen LogP contribution in [0, 0.1) is 0 Å². The van der Waals surface area contributed by atoms with Gasteiger partial charge in [-0.2, -0.15) is 0 Å². The Labute approximate surface area is 91.4 Å². The second-order valence-corrected chi connectivity index (χ2v) is 4.46. The highest BCUT2D eigenvalue weighted by atomic mass is 79.9. The minimum atomic E-state index is 0.311. The SMILES string of the molecule is COCC(Br)Cc1ccc(Cl)cn1. The molecule has 0 saturated heterocycles. The van der Waals surface area contributed by atoms with Crippen LogP contribution in [0.25, 0.3) is 0 Å². The topological polar surface area (TPSA) is 22.1 Å². The van der Waals surface area contributed by atoms with Gasteiger partial charge in [-0.3, -0.25) is 4.98 Å². The molecule has 0 bridgehead atoms. The van der Waals surface area contributed by atoms with Gasteiger partial charge in [0, 0.05) is 30.2 Å². The van der Waals surface area contributed by atoms with Crippen molar-refractivity contribution in [2.24, 2.45) is 0 Å². The van der Waals surface area contributed by atoms with Crippen molar-refractivity contribution in [1.29, 1.82) is 0 Å². The smallest absolute Gasteiger partial charge is 0.0591 e. The Morgan fingerprint density at radius 1 is 1.62 bits per heavy atom. The lowest BCUT2D eigenvalue weighted by Gasteiger charge is -2.07. The van der Waals surface area contributed by atoms with Gasteiger partial charge in [0.05, 0.1) is 11.6 Å². The van der Waals surface area contributed by atoms with Crippen LogP contribution >= 0.6 is 27.5 Å². The van der Waals surface area contributed by atoms with Crippen molar-refractivity contribution in [2.45, 2.75) is 11.2 Å². The van der Waals surface area contributed by atoms with Crippen molar-refractivity contribution in [3.05, 3.63) is 29.0 Å². The standard InChI is InChI=1S/C9H11BrClNO/c1-13-6-7(10)4-9-3-2-8(11)5-12-9/h2-3,5,7H,4,6H2,1H3. The van der Waals surface area contributed by atoms with Gasteiger partial charge in [-0.15, -0.1) is 0 Å². The zero-order valence-corrected chi connectivity index (χ0v) is 9.68. The van der Waals surface area contributed by atoms with E-state index in [-0.39, 0.29) is 0 Å². The molecule has 0 fully saturated rings. The maximum Gasteiger partial charge on any atom is 0.0591 e. The van der Waals surface area contributed by atoms with Gasteiger partial charge in [0.25, 0.3) is 0 Å². The summed E-state index contributed by atoms with van der Waals surface area (Å²) in [6, 6.07) is 3.77. The maximum atomic E-state index is 5.71. The predicted molar refractivity (Wildman–Crippen MR) is 57.5 cm³/mol. The zero-order chi connectivity index (χ0) is 9.68. The minimum Gasteiger partial charge on any atom is -0.384 e. The summed E-state index contributed by atoms with van der Waals surface area (Å²) < 4.78 is 5.00. The first-order valence-corrected chi connectivity index (χ1v) is 5.25. The van der Waals surface area contributed by atoms with E-state index in [2.05, 4.69) is 20.9 Å². The van der Waals surface area contributed by atoms with E-state index >= 15 is 0 Å². The van der Waals surface area contributed by atoms with Crippen LogP contribution in [-0.4, -0.2) is 23.5 Å². The molecule has 2 nitrogen and oxygen atoms in total. The zero-order valence-electron chi connectivity index (χ0n) is 7.34. The summed E-state index contributed by atoms with van der Waals surface area (Å²) in [6.07, 6.45) is 2.51. The largest absolute Gasteiger partial charge is 0.384 e. The molecule has 1 atom stereocenters. The molecule has 0 aliphatic carbocycles. The molecule has 72 valence electrons. The third-order valence-electron chi connectivity index (χ3n) is 1.57. The van der Waals surface area contributed by atoms with Crippen molar-refractivity contribution in [1.82, 2.24) is 4.98 Å². The first-order valence-electron chi connectivity index (χ1n) is 3.96. The van der Waals surface area contributed by atoms with Gasteiger partial charge >= 0.3 is 0 Å². The first kappa shape index (κ1) is 11.0. The molecule has 0 aromatic carbocycles. The Morgan fingerprint density at radius 2 is 2.38 bits per heavy atom. The number of nitrogens with zero attached hydrogens (tertiary/aromatic N) is 1. The van der Waals surface area contributed by atoms with Crippen molar-refractivity contribution in [2.75, 3.05) is 13.7 Å². The fourth-order valence-electron chi connectivity index (χ4n) is 0.994. The highest BCUT2D eigenvalue weighted by Crippen LogP contribution is 2.11. The van der Waals surface area contributed by atoms with E-state index in [4.69, 9.17) is 16.3 Å². The van der Waals surface area contributed by atoms with Gasteiger partial charge in [-0.1, -0.05) is 27.5 Å². The second-order valence-electron chi connectivity index (χ2n) is 2.72. The second kappa shape index (κ2) is 5.58. The van der Waals surface area contributed by atoms with E-state index in [0.29, 0.717) is 16.5 Å². The predicted octanol–water partition coefficient (Wildman–Crippen LogP) is 2.69. The number of halogens is 2. The van der Waals surface area contributed by atoms with Crippen LogP contribution in [0.3, 0.4) is 0 Å². The summed E-state index contributed by atoms with van der Waals surface area (Å²) >= 11 is 9.21. The average molecular weight is 265 g/mol. The molecule has 1 rings (SSSR count). The van der Waals surface area contributed by atoms with Gasteiger partial charge in [-0.25, -0.2) is 0 Å². The fourth-order valence-corrected chi connectivity index (χ4v) is 1.70. The fraction of sp³-hybridized carbons (Fsp3) is 0.444. The molecule has 1 aromatic heterocycles. The molecular weight excluding hydrogens is 253 g/mol. The molecule has 4 heteroatoms. The number of hydrogen-bond acceptors (Lipinski definition) is 2. The third-order valence-corrected chi connectivity index (χ3v) is 2.38. The lowest BCUT2D eigenvalue weighted by Crippen LogP contribution is -2.10. The number of methoxy groups -OCH3 is 1.